The molecule has 0 amide bonds. The van der Waals surface area contributed by atoms with Crippen molar-refractivity contribution in [3.63, 3.8) is 0 Å². The van der Waals surface area contributed by atoms with Crippen LogP contribution in [-0.2, 0) is 0 Å². The van der Waals surface area contributed by atoms with Crippen molar-refractivity contribution in [2.75, 3.05) is 0 Å². The van der Waals surface area contributed by atoms with Crippen molar-refractivity contribution in [1.29, 1.82) is 10.5 Å². The molecule has 0 aromatic heterocycles. The number of carbonyl (C=O) groups is 1. The summed E-state index contributed by atoms with van der Waals surface area (Å²) < 4.78 is 0. The quantitative estimate of drug-likeness (QED) is 0.491. The summed E-state index contributed by atoms with van der Waals surface area (Å²) in [6.45, 7) is 0. The molecule has 0 radical (unpaired) electrons. The highest BCUT2D eigenvalue weighted by Crippen LogP contribution is 2.59. The van der Waals surface area contributed by atoms with Crippen LogP contribution in [0.2, 0.25) is 5.02 Å². The molecule has 5 heteroatoms. The van der Waals surface area contributed by atoms with Gasteiger partial charge in [-0.1, -0.05) is 66.2 Å². The summed E-state index contributed by atoms with van der Waals surface area (Å²) in [5.41, 5.74) is 1.68. The molecule has 2 heterocycles. The molecule has 3 aromatic rings. The fourth-order valence-electron chi connectivity index (χ4n) is 5.11. The first kappa shape index (κ1) is 20.1. The molecule has 3 aromatic carbocycles. The summed E-state index contributed by atoms with van der Waals surface area (Å²) in [6.07, 6.45) is 3.80. The first-order valence-corrected chi connectivity index (χ1v) is 10.7. The van der Waals surface area contributed by atoms with Gasteiger partial charge in [0.1, 0.15) is 6.04 Å². The van der Waals surface area contributed by atoms with Crippen LogP contribution in [-0.4, -0.2) is 16.7 Å². The van der Waals surface area contributed by atoms with Gasteiger partial charge in [-0.15, -0.1) is 0 Å². The van der Waals surface area contributed by atoms with Crippen LogP contribution in [0.3, 0.4) is 0 Å². The number of Topliss-reactive ketones (excluding diaryl/α,β-unsaturated/α-hetero) is 1. The number of nitriles is 2. The molecule has 0 saturated carbocycles. The lowest BCUT2D eigenvalue weighted by Gasteiger charge is -2.34. The van der Waals surface area contributed by atoms with Crippen molar-refractivity contribution >= 4 is 23.5 Å². The number of hydrogen-bond acceptors (Lipinski definition) is 4. The highest BCUT2D eigenvalue weighted by Gasteiger charge is 2.63. The first-order chi connectivity index (χ1) is 15.6. The summed E-state index contributed by atoms with van der Waals surface area (Å²) >= 11 is 6.04. The molecule has 0 N–H and O–H groups in total. The summed E-state index contributed by atoms with van der Waals surface area (Å²) in [5.74, 6) is -0.778. The SMILES string of the molecule is N#CC1(C#N)C2c3ccccc3C=CN2[C@H](C(=O)c2ccc(Cl)cc2)[C@H]1c1ccccc1. The first-order valence-electron chi connectivity index (χ1n) is 10.3. The van der Waals surface area contributed by atoms with Crippen LogP contribution in [0.4, 0.5) is 0 Å². The van der Waals surface area contributed by atoms with E-state index in [4.69, 9.17) is 11.6 Å². The molecule has 0 bridgehead atoms. The Kier molecular flexibility index (Phi) is 4.82. The summed E-state index contributed by atoms with van der Waals surface area (Å²) in [6, 6.07) is 27.3. The molecule has 2 aliphatic rings. The number of fused-ring (bicyclic) bond motifs is 3. The van der Waals surface area contributed by atoms with E-state index in [1.165, 1.54) is 0 Å². The molecule has 4 nitrogen and oxygen atoms in total. The van der Waals surface area contributed by atoms with Gasteiger partial charge in [-0.25, -0.2) is 0 Å². The van der Waals surface area contributed by atoms with E-state index in [2.05, 4.69) is 12.1 Å². The molecular weight excluding hydrogens is 418 g/mol. The zero-order valence-electron chi connectivity index (χ0n) is 17.0. The van der Waals surface area contributed by atoms with Gasteiger partial charge in [-0.3, -0.25) is 4.79 Å². The second-order valence-corrected chi connectivity index (χ2v) is 8.53. The summed E-state index contributed by atoms with van der Waals surface area (Å²) in [7, 11) is 0. The zero-order valence-corrected chi connectivity index (χ0v) is 17.8. The van der Waals surface area contributed by atoms with E-state index in [1.54, 1.807) is 24.3 Å². The van der Waals surface area contributed by atoms with Gasteiger partial charge in [0.2, 0.25) is 0 Å². The minimum Gasteiger partial charge on any atom is -0.357 e. The largest absolute Gasteiger partial charge is 0.357 e. The van der Waals surface area contributed by atoms with Gasteiger partial charge in [0.05, 0.1) is 18.2 Å². The molecule has 1 unspecified atom stereocenters. The number of nitrogens with zero attached hydrogens (tertiary/aromatic N) is 3. The number of halogens is 1. The molecule has 1 fully saturated rings. The van der Waals surface area contributed by atoms with Crippen LogP contribution in [0, 0.1) is 28.1 Å². The minimum absolute atomic E-state index is 0.142. The van der Waals surface area contributed by atoms with Crippen molar-refractivity contribution < 1.29 is 4.79 Å². The molecule has 1 saturated heterocycles. The Morgan fingerprint density at radius 1 is 0.906 bits per heavy atom. The monoisotopic (exact) mass is 435 g/mol. The lowest BCUT2D eigenvalue weighted by molar-refractivity contribution is 0.0875. The third-order valence-corrected chi connectivity index (χ3v) is 6.75. The molecule has 5 rings (SSSR count). The van der Waals surface area contributed by atoms with Crippen molar-refractivity contribution in [2.45, 2.75) is 18.0 Å². The van der Waals surface area contributed by atoms with Crippen molar-refractivity contribution in [3.8, 4) is 12.1 Å². The topological polar surface area (TPSA) is 67.9 Å². The predicted octanol–water partition coefficient (Wildman–Crippen LogP) is 5.75. The average Bonchev–Trinajstić information content (AvgIpc) is 3.15. The van der Waals surface area contributed by atoms with Crippen LogP contribution in [0.5, 0.6) is 0 Å². The second-order valence-electron chi connectivity index (χ2n) is 8.09. The Bertz CT molecular complexity index is 1290. The van der Waals surface area contributed by atoms with Crippen molar-refractivity contribution in [2.24, 2.45) is 5.41 Å². The molecule has 154 valence electrons. The standard InChI is InChI=1S/C27H18ClN3O/c28-21-12-10-20(11-13-21)25(32)24-23(19-7-2-1-3-8-19)27(16-29,17-30)26-22-9-5-4-6-18(22)14-15-31(24)26/h1-15,23-24,26H/t23-,24+,26?/m1/s1. The second kappa shape index (κ2) is 7.68. The Labute approximate surface area is 191 Å². The van der Waals surface area contributed by atoms with Crippen molar-refractivity contribution in [3.05, 3.63) is 112 Å². The minimum atomic E-state index is -1.45. The number of hydrogen-bond donors (Lipinski definition) is 0. The Morgan fingerprint density at radius 2 is 1.56 bits per heavy atom. The van der Waals surface area contributed by atoms with E-state index >= 15 is 0 Å². The van der Waals surface area contributed by atoms with Gasteiger partial charge in [0, 0.05) is 22.7 Å². The third-order valence-electron chi connectivity index (χ3n) is 6.50. The number of carbonyl (C=O) groups excluding carboxylic acids is 1. The van der Waals surface area contributed by atoms with Crippen LogP contribution in [0.25, 0.3) is 6.08 Å². The fraction of sp³-hybridized carbons (Fsp3) is 0.148. The van der Waals surface area contributed by atoms with E-state index in [0.717, 1.165) is 16.7 Å². The Balaban J connectivity index is 1.76. The summed E-state index contributed by atoms with van der Waals surface area (Å²) in [5, 5.41) is 21.5. The average molecular weight is 436 g/mol. The van der Waals surface area contributed by atoms with Gasteiger partial charge in [0.25, 0.3) is 0 Å². The zero-order chi connectivity index (χ0) is 22.3. The smallest absolute Gasteiger partial charge is 0.185 e. The molecule has 32 heavy (non-hydrogen) atoms. The summed E-state index contributed by atoms with van der Waals surface area (Å²) in [4.78, 5) is 15.8. The molecule has 0 spiro atoms. The predicted molar refractivity (Wildman–Crippen MR) is 122 cm³/mol. The molecular formula is C27H18ClN3O. The van der Waals surface area contributed by atoms with Crippen LogP contribution in [0.15, 0.2) is 85.1 Å². The van der Waals surface area contributed by atoms with Gasteiger partial charge < -0.3 is 4.90 Å². The van der Waals surface area contributed by atoms with E-state index < -0.39 is 23.4 Å². The van der Waals surface area contributed by atoms with Gasteiger partial charge in [-0.05, 0) is 47.0 Å². The molecule has 2 aliphatic heterocycles. The lowest BCUT2D eigenvalue weighted by atomic mass is 9.67. The maximum absolute atomic E-state index is 13.9. The van der Waals surface area contributed by atoms with Crippen LogP contribution >= 0.6 is 11.6 Å². The molecule has 0 aliphatic carbocycles. The maximum Gasteiger partial charge on any atom is 0.185 e. The van der Waals surface area contributed by atoms with Gasteiger partial charge in [-0.2, -0.15) is 10.5 Å². The normalized spacial score (nSPS) is 22.3. The van der Waals surface area contributed by atoms with Gasteiger partial charge >= 0.3 is 0 Å². The fourth-order valence-corrected chi connectivity index (χ4v) is 5.24. The van der Waals surface area contributed by atoms with Crippen LogP contribution in [0.1, 0.15) is 39.0 Å². The van der Waals surface area contributed by atoms with E-state index in [-0.39, 0.29) is 5.78 Å². The third kappa shape index (κ3) is 2.85. The molecule has 3 atom stereocenters. The Hall–Kier alpha value is -3.86. The lowest BCUT2D eigenvalue weighted by Crippen LogP contribution is -2.37. The number of rotatable bonds is 3. The van der Waals surface area contributed by atoms with E-state index in [9.17, 15) is 15.3 Å². The maximum atomic E-state index is 13.9. The Morgan fingerprint density at radius 3 is 2.25 bits per heavy atom. The van der Waals surface area contributed by atoms with E-state index in [0.29, 0.717) is 10.6 Å². The van der Waals surface area contributed by atoms with Gasteiger partial charge in [0.15, 0.2) is 11.2 Å². The highest BCUT2D eigenvalue weighted by atomic mass is 35.5. The van der Waals surface area contributed by atoms with Crippen molar-refractivity contribution in [1.82, 2.24) is 4.90 Å². The number of benzene rings is 3. The number of ketones is 1. The van der Waals surface area contributed by atoms with E-state index in [1.807, 2.05) is 71.8 Å². The highest BCUT2D eigenvalue weighted by molar-refractivity contribution is 6.30. The van der Waals surface area contributed by atoms with Crippen LogP contribution < -0.4 is 0 Å².